The smallest absolute Gasteiger partial charge is 0.320 e. The van der Waals surface area contributed by atoms with Gasteiger partial charge in [0.2, 0.25) is 0 Å². The van der Waals surface area contributed by atoms with E-state index >= 15 is 0 Å². The van der Waals surface area contributed by atoms with E-state index < -0.39 is 12.0 Å². The van der Waals surface area contributed by atoms with Gasteiger partial charge < -0.3 is 10.8 Å². The Labute approximate surface area is 76.2 Å². The molecule has 0 aliphatic carbocycles. The van der Waals surface area contributed by atoms with Crippen molar-refractivity contribution in [2.24, 2.45) is 5.73 Å². The molecule has 13 heavy (non-hydrogen) atoms. The Morgan fingerprint density at radius 3 is 3.00 bits per heavy atom. The van der Waals surface area contributed by atoms with Crippen LogP contribution in [0.1, 0.15) is 12.8 Å². The number of carboxylic acid groups (broad SMARTS) is 1. The molecule has 0 radical (unpaired) electrons. The van der Waals surface area contributed by atoms with E-state index in [4.69, 9.17) is 10.8 Å². The van der Waals surface area contributed by atoms with Crippen molar-refractivity contribution in [3.8, 4) is 0 Å². The molecule has 0 spiro atoms. The van der Waals surface area contributed by atoms with E-state index in [2.05, 4.69) is 5.10 Å². The first-order valence-corrected chi connectivity index (χ1v) is 4.16. The molecule has 1 heterocycles. The van der Waals surface area contributed by atoms with Crippen LogP contribution in [0.5, 0.6) is 0 Å². The maximum atomic E-state index is 10.3. The average Bonchev–Trinajstić information content (AvgIpc) is 2.56. The van der Waals surface area contributed by atoms with Crippen LogP contribution < -0.4 is 5.73 Å². The van der Waals surface area contributed by atoms with E-state index in [1.165, 1.54) is 0 Å². The topological polar surface area (TPSA) is 81.1 Å². The van der Waals surface area contributed by atoms with Crippen molar-refractivity contribution in [2.45, 2.75) is 25.4 Å². The lowest BCUT2D eigenvalue weighted by atomic mass is 10.2. The zero-order valence-corrected chi connectivity index (χ0v) is 7.26. The molecule has 3 N–H and O–H groups in total. The lowest BCUT2D eigenvalue weighted by molar-refractivity contribution is -0.138. The van der Waals surface area contributed by atoms with Gasteiger partial charge in [-0.15, -0.1) is 0 Å². The second-order valence-electron chi connectivity index (χ2n) is 2.86. The molecule has 0 saturated heterocycles. The first-order valence-electron chi connectivity index (χ1n) is 4.16. The van der Waals surface area contributed by atoms with E-state index in [0.717, 1.165) is 6.42 Å². The standard InChI is InChI=1S/C8H13N3O2/c9-7(8(12)13)3-1-5-11-6-2-4-10-11/h2,4,6-7H,1,3,5,9H2,(H,12,13)/t7-/m1/s1. The van der Waals surface area contributed by atoms with E-state index in [-0.39, 0.29) is 0 Å². The van der Waals surface area contributed by atoms with Gasteiger partial charge in [0.05, 0.1) is 0 Å². The lowest BCUT2D eigenvalue weighted by Gasteiger charge is -2.05. The molecule has 5 heteroatoms. The summed E-state index contributed by atoms with van der Waals surface area (Å²) in [4.78, 5) is 10.3. The van der Waals surface area contributed by atoms with E-state index in [0.29, 0.717) is 13.0 Å². The van der Waals surface area contributed by atoms with Crippen LogP contribution in [-0.2, 0) is 11.3 Å². The van der Waals surface area contributed by atoms with Gasteiger partial charge in [-0.1, -0.05) is 0 Å². The van der Waals surface area contributed by atoms with Crippen molar-refractivity contribution in [3.05, 3.63) is 18.5 Å². The molecule has 0 aliphatic heterocycles. The molecule has 1 aromatic heterocycles. The summed E-state index contributed by atoms with van der Waals surface area (Å²) < 4.78 is 1.76. The van der Waals surface area contributed by atoms with Gasteiger partial charge in [0, 0.05) is 18.9 Å². The Balaban J connectivity index is 2.18. The van der Waals surface area contributed by atoms with Crippen molar-refractivity contribution in [1.82, 2.24) is 9.78 Å². The van der Waals surface area contributed by atoms with Gasteiger partial charge in [-0.25, -0.2) is 0 Å². The summed E-state index contributed by atoms with van der Waals surface area (Å²) in [6.45, 7) is 0.716. The Bertz CT molecular complexity index is 258. The minimum atomic E-state index is -0.944. The molecule has 0 fully saturated rings. The summed E-state index contributed by atoms with van der Waals surface area (Å²) in [5.41, 5.74) is 5.33. The van der Waals surface area contributed by atoms with Gasteiger partial charge in [-0.2, -0.15) is 5.10 Å². The minimum absolute atomic E-state index is 0.481. The van der Waals surface area contributed by atoms with Crippen molar-refractivity contribution in [1.29, 1.82) is 0 Å². The summed E-state index contributed by atoms with van der Waals surface area (Å²) >= 11 is 0. The van der Waals surface area contributed by atoms with Crippen LogP contribution in [0, 0.1) is 0 Å². The molecule has 0 aliphatic rings. The van der Waals surface area contributed by atoms with Gasteiger partial charge in [0.1, 0.15) is 6.04 Å². The van der Waals surface area contributed by atoms with Crippen molar-refractivity contribution in [3.63, 3.8) is 0 Å². The molecular weight excluding hydrogens is 170 g/mol. The van der Waals surface area contributed by atoms with Crippen LogP contribution in [0.4, 0.5) is 0 Å². The number of nitrogens with zero attached hydrogens (tertiary/aromatic N) is 2. The molecule has 1 rings (SSSR count). The highest BCUT2D eigenvalue weighted by Crippen LogP contribution is 1.97. The highest BCUT2D eigenvalue weighted by Gasteiger charge is 2.09. The van der Waals surface area contributed by atoms with Gasteiger partial charge in [-0.3, -0.25) is 9.48 Å². The number of aromatic nitrogens is 2. The zero-order chi connectivity index (χ0) is 9.68. The fraction of sp³-hybridized carbons (Fsp3) is 0.500. The summed E-state index contributed by atoms with van der Waals surface area (Å²) in [5, 5.41) is 12.5. The lowest BCUT2D eigenvalue weighted by Crippen LogP contribution is -2.30. The third-order valence-electron chi connectivity index (χ3n) is 1.78. The summed E-state index contributed by atoms with van der Waals surface area (Å²) in [7, 11) is 0. The predicted octanol–water partition coefficient (Wildman–Crippen LogP) is 0.0752. The number of rotatable bonds is 5. The number of carbonyl (C=O) groups is 1. The number of carboxylic acids is 1. The molecule has 0 amide bonds. The third kappa shape index (κ3) is 3.25. The Morgan fingerprint density at radius 1 is 1.69 bits per heavy atom. The molecule has 0 unspecified atom stereocenters. The number of aryl methyl sites for hydroxylation is 1. The van der Waals surface area contributed by atoms with Gasteiger partial charge in [0.25, 0.3) is 0 Å². The fourth-order valence-corrected chi connectivity index (χ4v) is 1.03. The number of hydrogen-bond acceptors (Lipinski definition) is 3. The van der Waals surface area contributed by atoms with Crippen molar-refractivity contribution in [2.75, 3.05) is 0 Å². The molecule has 0 saturated carbocycles. The molecular formula is C8H13N3O2. The monoisotopic (exact) mass is 183 g/mol. The molecule has 72 valence electrons. The summed E-state index contributed by atoms with van der Waals surface area (Å²) in [6, 6.07) is 1.08. The first kappa shape index (κ1) is 9.73. The van der Waals surface area contributed by atoms with Crippen LogP contribution in [-0.4, -0.2) is 26.9 Å². The molecule has 0 aromatic carbocycles. The number of aliphatic carboxylic acids is 1. The number of hydrogen-bond donors (Lipinski definition) is 2. The van der Waals surface area contributed by atoms with E-state index in [1.807, 2.05) is 12.3 Å². The minimum Gasteiger partial charge on any atom is -0.480 e. The Hall–Kier alpha value is -1.36. The second-order valence-corrected chi connectivity index (χ2v) is 2.86. The summed E-state index contributed by atoms with van der Waals surface area (Å²) in [6.07, 6.45) is 4.74. The van der Waals surface area contributed by atoms with E-state index in [1.54, 1.807) is 10.9 Å². The van der Waals surface area contributed by atoms with Crippen LogP contribution in [0.25, 0.3) is 0 Å². The van der Waals surface area contributed by atoms with E-state index in [9.17, 15) is 4.79 Å². The van der Waals surface area contributed by atoms with Crippen molar-refractivity contribution >= 4 is 5.97 Å². The highest BCUT2D eigenvalue weighted by molar-refractivity contribution is 5.72. The Kier molecular flexibility index (Phi) is 3.45. The maximum Gasteiger partial charge on any atom is 0.320 e. The second kappa shape index (κ2) is 4.61. The van der Waals surface area contributed by atoms with Crippen LogP contribution in [0.15, 0.2) is 18.5 Å². The van der Waals surface area contributed by atoms with Crippen molar-refractivity contribution < 1.29 is 9.90 Å². The van der Waals surface area contributed by atoms with Gasteiger partial charge >= 0.3 is 5.97 Å². The predicted molar refractivity (Wildman–Crippen MR) is 47.1 cm³/mol. The first-order chi connectivity index (χ1) is 6.20. The normalized spacial score (nSPS) is 12.7. The maximum absolute atomic E-state index is 10.3. The molecule has 5 nitrogen and oxygen atoms in total. The zero-order valence-electron chi connectivity index (χ0n) is 7.26. The molecule has 1 atom stereocenters. The Morgan fingerprint density at radius 2 is 2.46 bits per heavy atom. The van der Waals surface area contributed by atoms with Gasteiger partial charge in [-0.05, 0) is 18.9 Å². The number of nitrogens with two attached hydrogens (primary N) is 1. The quantitative estimate of drug-likeness (QED) is 0.677. The SMILES string of the molecule is N[C@H](CCCn1cccn1)C(=O)O. The average molecular weight is 183 g/mol. The fourth-order valence-electron chi connectivity index (χ4n) is 1.03. The van der Waals surface area contributed by atoms with Crippen LogP contribution in [0.2, 0.25) is 0 Å². The molecule has 1 aromatic rings. The largest absolute Gasteiger partial charge is 0.480 e. The third-order valence-corrected chi connectivity index (χ3v) is 1.78. The summed E-state index contributed by atoms with van der Waals surface area (Å²) in [5.74, 6) is -0.944. The molecule has 0 bridgehead atoms. The highest BCUT2D eigenvalue weighted by atomic mass is 16.4. The van der Waals surface area contributed by atoms with Gasteiger partial charge in [0.15, 0.2) is 0 Å². The van der Waals surface area contributed by atoms with Crippen LogP contribution >= 0.6 is 0 Å². The van der Waals surface area contributed by atoms with Crippen LogP contribution in [0.3, 0.4) is 0 Å².